The lowest BCUT2D eigenvalue weighted by atomic mass is 10.2. The van der Waals surface area contributed by atoms with Crippen molar-refractivity contribution in [2.75, 3.05) is 24.5 Å². The fourth-order valence-electron chi connectivity index (χ4n) is 3.73. The zero-order valence-corrected chi connectivity index (χ0v) is 17.6. The number of nitrogens with zero attached hydrogens (tertiary/aromatic N) is 3. The number of aromatic nitrogens is 2. The van der Waals surface area contributed by atoms with Crippen molar-refractivity contribution in [1.29, 1.82) is 0 Å². The number of benzene rings is 1. The third kappa shape index (κ3) is 5.84. The van der Waals surface area contributed by atoms with Crippen LogP contribution in [0.3, 0.4) is 0 Å². The molecule has 2 unspecified atom stereocenters. The Morgan fingerprint density at radius 3 is 2.80 bits per heavy atom. The van der Waals surface area contributed by atoms with Gasteiger partial charge >= 0.3 is 12.6 Å². The lowest BCUT2D eigenvalue weighted by Crippen LogP contribution is -2.44. The Kier molecular flexibility index (Phi) is 7.12. The minimum atomic E-state index is -2.87. The van der Waals surface area contributed by atoms with Crippen molar-refractivity contribution in [1.82, 2.24) is 20.4 Å². The molecule has 1 fully saturated rings. The first-order valence-corrected chi connectivity index (χ1v) is 10.2. The van der Waals surface area contributed by atoms with Crippen LogP contribution < -0.4 is 20.3 Å². The van der Waals surface area contributed by atoms with Crippen LogP contribution in [0.5, 0.6) is 5.75 Å². The molecule has 0 aliphatic carbocycles. The maximum atomic E-state index is 12.6. The molecule has 2 heterocycles. The molecule has 2 atom stereocenters. The smallest absolute Gasteiger partial charge is 0.387 e. The highest BCUT2D eigenvalue weighted by molar-refractivity contribution is 5.74. The summed E-state index contributed by atoms with van der Waals surface area (Å²) in [5.74, 6) is 0.378. The average molecular weight is 421 g/mol. The largest absolute Gasteiger partial charge is 0.433 e. The fourth-order valence-corrected chi connectivity index (χ4v) is 3.73. The number of para-hydroxylation sites is 2. The highest BCUT2D eigenvalue weighted by Gasteiger charge is 2.26. The van der Waals surface area contributed by atoms with Gasteiger partial charge in [-0.25, -0.2) is 4.79 Å². The van der Waals surface area contributed by atoms with E-state index in [0.717, 1.165) is 24.4 Å². The lowest BCUT2D eigenvalue weighted by molar-refractivity contribution is -0.0495. The number of carbonyl (C=O) groups is 1. The van der Waals surface area contributed by atoms with Crippen LogP contribution in [-0.2, 0) is 6.54 Å². The summed E-state index contributed by atoms with van der Waals surface area (Å²) < 4.78 is 31.8. The molecule has 2 amide bonds. The van der Waals surface area contributed by atoms with Gasteiger partial charge in [0, 0.05) is 37.9 Å². The average Bonchev–Trinajstić information content (AvgIpc) is 3.26. The SMILES string of the molecule is Cc1cc(C)n(CC(C)CNC(=O)NC2CCN(c3ccccc3OC(F)F)C2)n1. The molecular formula is C21H29F2N5O2. The molecule has 7 nitrogen and oxygen atoms in total. The Balaban J connectivity index is 1.45. The second-order valence-corrected chi connectivity index (χ2v) is 7.85. The highest BCUT2D eigenvalue weighted by Crippen LogP contribution is 2.31. The number of urea groups is 1. The molecule has 1 aliphatic heterocycles. The van der Waals surface area contributed by atoms with Crippen LogP contribution in [-0.4, -0.2) is 48.1 Å². The summed E-state index contributed by atoms with van der Waals surface area (Å²) in [5.41, 5.74) is 2.70. The van der Waals surface area contributed by atoms with Crippen molar-refractivity contribution in [3.63, 3.8) is 0 Å². The number of nitrogens with one attached hydrogen (secondary N) is 2. The molecule has 1 aromatic carbocycles. The molecule has 0 bridgehead atoms. The van der Waals surface area contributed by atoms with Gasteiger partial charge in [0.15, 0.2) is 0 Å². The topological polar surface area (TPSA) is 71.4 Å². The first-order chi connectivity index (χ1) is 14.3. The second kappa shape index (κ2) is 9.77. The van der Waals surface area contributed by atoms with E-state index in [9.17, 15) is 13.6 Å². The van der Waals surface area contributed by atoms with E-state index in [1.807, 2.05) is 29.5 Å². The third-order valence-corrected chi connectivity index (χ3v) is 5.14. The minimum absolute atomic E-state index is 0.0593. The van der Waals surface area contributed by atoms with Gasteiger partial charge in [0.1, 0.15) is 5.75 Å². The molecular weight excluding hydrogens is 392 g/mol. The van der Waals surface area contributed by atoms with Crippen molar-refractivity contribution >= 4 is 11.7 Å². The summed E-state index contributed by atoms with van der Waals surface area (Å²) in [5, 5.41) is 10.3. The Morgan fingerprint density at radius 2 is 2.10 bits per heavy atom. The Bertz CT molecular complexity index is 858. The van der Waals surface area contributed by atoms with Crippen LogP contribution >= 0.6 is 0 Å². The van der Waals surface area contributed by atoms with E-state index in [2.05, 4.69) is 27.4 Å². The molecule has 30 heavy (non-hydrogen) atoms. The molecule has 1 saturated heterocycles. The zero-order valence-electron chi connectivity index (χ0n) is 17.6. The maximum Gasteiger partial charge on any atom is 0.387 e. The van der Waals surface area contributed by atoms with E-state index in [1.54, 1.807) is 18.2 Å². The number of hydrogen-bond acceptors (Lipinski definition) is 4. The summed E-state index contributed by atoms with van der Waals surface area (Å²) in [6.45, 7) is 5.63. The lowest BCUT2D eigenvalue weighted by Gasteiger charge is -2.22. The predicted molar refractivity (Wildman–Crippen MR) is 111 cm³/mol. The Morgan fingerprint density at radius 1 is 1.33 bits per heavy atom. The molecule has 1 aliphatic rings. The van der Waals surface area contributed by atoms with Gasteiger partial charge in [-0.15, -0.1) is 0 Å². The van der Waals surface area contributed by atoms with Crippen LogP contribution in [0.2, 0.25) is 0 Å². The summed E-state index contributed by atoms with van der Waals surface area (Å²) in [6.07, 6.45) is 0.734. The standard InChI is InChI=1S/C21H29F2N5O2/c1-14(12-28-16(3)10-15(2)26-28)11-24-21(29)25-17-8-9-27(13-17)18-6-4-5-7-19(18)30-20(22)23/h4-7,10,14,17,20H,8-9,11-13H2,1-3H3,(H2,24,25,29). The zero-order chi connectivity index (χ0) is 21.7. The Hall–Kier alpha value is -2.84. The van der Waals surface area contributed by atoms with Gasteiger partial charge in [-0.05, 0) is 44.4 Å². The monoisotopic (exact) mass is 421 g/mol. The van der Waals surface area contributed by atoms with Crippen molar-refractivity contribution in [3.8, 4) is 5.75 Å². The van der Waals surface area contributed by atoms with Crippen molar-refractivity contribution in [2.24, 2.45) is 5.92 Å². The molecule has 2 aromatic rings. The van der Waals surface area contributed by atoms with Crippen LogP contribution in [0.4, 0.5) is 19.3 Å². The van der Waals surface area contributed by atoms with Gasteiger partial charge in [-0.2, -0.15) is 13.9 Å². The normalized spacial score (nSPS) is 17.3. The van der Waals surface area contributed by atoms with E-state index < -0.39 is 6.61 Å². The number of carbonyl (C=O) groups excluding carboxylic acids is 1. The molecule has 164 valence electrons. The number of aryl methyl sites for hydroxylation is 2. The van der Waals surface area contributed by atoms with Crippen LogP contribution in [0.15, 0.2) is 30.3 Å². The molecule has 3 rings (SSSR count). The fraction of sp³-hybridized carbons (Fsp3) is 0.524. The molecule has 2 N–H and O–H groups in total. The number of rotatable bonds is 8. The predicted octanol–water partition coefficient (Wildman–Crippen LogP) is 3.32. The van der Waals surface area contributed by atoms with E-state index in [0.29, 0.717) is 25.3 Å². The molecule has 9 heteroatoms. The van der Waals surface area contributed by atoms with E-state index in [1.165, 1.54) is 6.07 Å². The summed E-state index contributed by atoms with van der Waals surface area (Å²) in [7, 11) is 0. The van der Waals surface area contributed by atoms with Gasteiger partial charge in [-0.3, -0.25) is 4.68 Å². The van der Waals surface area contributed by atoms with Crippen LogP contribution in [0.1, 0.15) is 24.7 Å². The summed E-state index contributed by atoms with van der Waals surface area (Å²) in [4.78, 5) is 14.2. The number of hydrogen-bond donors (Lipinski definition) is 2. The van der Waals surface area contributed by atoms with Gasteiger partial charge < -0.3 is 20.3 Å². The van der Waals surface area contributed by atoms with E-state index in [4.69, 9.17) is 0 Å². The Labute approximate surface area is 175 Å². The number of halogens is 2. The van der Waals surface area contributed by atoms with Crippen LogP contribution in [0.25, 0.3) is 0 Å². The number of amides is 2. The van der Waals surface area contributed by atoms with E-state index >= 15 is 0 Å². The van der Waals surface area contributed by atoms with E-state index in [-0.39, 0.29) is 23.7 Å². The number of alkyl halides is 2. The second-order valence-electron chi connectivity index (χ2n) is 7.85. The van der Waals surface area contributed by atoms with Gasteiger partial charge in [-0.1, -0.05) is 19.1 Å². The van der Waals surface area contributed by atoms with Crippen molar-refractivity contribution in [3.05, 3.63) is 41.7 Å². The first kappa shape index (κ1) is 21.9. The molecule has 0 radical (unpaired) electrons. The van der Waals surface area contributed by atoms with Gasteiger partial charge in [0.2, 0.25) is 0 Å². The maximum absolute atomic E-state index is 12.6. The first-order valence-electron chi connectivity index (χ1n) is 10.2. The van der Waals surface area contributed by atoms with Crippen LogP contribution in [0, 0.1) is 19.8 Å². The highest BCUT2D eigenvalue weighted by atomic mass is 19.3. The third-order valence-electron chi connectivity index (χ3n) is 5.14. The van der Waals surface area contributed by atoms with Gasteiger partial charge in [0.05, 0.1) is 11.4 Å². The van der Waals surface area contributed by atoms with Crippen molar-refractivity contribution in [2.45, 2.75) is 46.4 Å². The number of ether oxygens (including phenoxy) is 1. The molecule has 1 aromatic heterocycles. The van der Waals surface area contributed by atoms with Gasteiger partial charge in [0.25, 0.3) is 0 Å². The summed E-state index contributed by atoms with van der Waals surface area (Å²) >= 11 is 0. The molecule has 0 saturated carbocycles. The number of anilines is 1. The summed E-state index contributed by atoms with van der Waals surface area (Å²) in [6, 6.07) is 8.47. The molecule has 0 spiro atoms. The van der Waals surface area contributed by atoms with Crippen molar-refractivity contribution < 1.29 is 18.3 Å². The quantitative estimate of drug-likeness (QED) is 0.686. The minimum Gasteiger partial charge on any atom is -0.433 e.